The van der Waals surface area contributed by atoms with E-state index in [1.807, 2.05) is 30.3 Å². The minimum atomic E-state index is -0.781. The van der Waals surface area contributed by atoms with E-state index >= 15 is 0 Å². The number of aromatic nitrogens is 2. The van der Waals surface area contributed by atoms with Crippen LogP contribution in [0, 0.1) is 28.1 Å². The Morgan fingerprint density at radius 3 is 2.24 bits per heavy atom. The van der Waals surface area contributed by atoms with Crippen LogP contribution in [0.1, 0.15) is 75.3 Å². The largest absolute Gasteiger partial charge is 0.489 e. The third-order valence-corrected chi connectivity index (χ3v) is 13.4. The Morgan fingerprint density at radius 2 is 1.58 bits per heavy atom. The van der Waals surface area contributed by atoms with Gasteiger partial charge in [-0.3, -0.25) is 29.4 Å². The second kappa shape index (κ2) is 16.0. The maximum absolute atomic E-state index is 13.5. The molecule has 0 bridgehead atoms. The fraction of sp³-hybridized carbons (Fsp3) is 0.467. The van der Waals surface area contributed by atoms with Gasteiger partial charge in [0.25, 0.3) is 17.4 Å². The van der Waals surface area contributed by atoms with Gasteiger partial charge in [0.2, 0.25) is 5.91 Å². The van der Waals surface area contributed by atoms with Gasteiger partial charge in [-0.05, 0) is 79.8 Å². The van der Waals surface area contributed by atoms with Crippen LogP contribution in [-0.2, 0) is 9.59 Å². The normalized spacial score (nSPS) is 23.3. The smallest absolute Gasteiger partial charge is 0.275 e. The summed E-state index contributed by atoms with van der Waals surface area (Å²) in [4.78, 5) is 58.0. The summed E-state index contributed by atoms with van der Waals surface area (Å²) < 4.78 is 7.59. The zero-order valence-electron chi connectivity index (χ0n) is 34.0. The summed E-state index contributed by atoms with van der Waals surface area (Å²) in [6.07, 6.45) is 4.14. The van der Waals surface area contributed by atoms with Crippen molar-refractivity contribution in [2.24, 2.45) is 16.7 Å². The maximum Gasteiger partial charge on any atom is 0.275 e. The molecule has 59 heavy (non-hydrogen) atoms. The molecule has 4 aromatic rings. The van der Waals surface area contributed by atoms with Crippen LogP contribution in [0.5, 0.6) is 5.75 Å². The van der Waals surface area contributed by atoms with Gasteiger partial charge in [-0.15, -0.1) is 0 Å². The second-order valence-electron chi connectivity index (χ2n) is 17.7. The predicted molar refractivity (Wildman–Crippen MR) is 227 cm³/mol. The van der Waals surface area contributed by atoms with E-state index in [9.17, 15) is 24.4 Å². The van der Waals surface area contributed by atoms with Crippen LogP contribution in [0.4, 0.5) is 11.4 Å². The van der Waals surface area contributed by atoms with Crippen molar-refractivity contribution in [3.8, 4) is 11.8 Å². The third-order valence-electron chi connectivity index (χ3n) is 13.1. The number of ether oxygens (including phenoxy) is 1. The molecule has 4 fully saturated rings. The highest BCUT2D eigenvalue weighted by atomic mass is 35.5. The first-order chi connectivity index (χ1) is 28.2. The lowest BCUT2D eigenvalue weighted by molar-refractivity contribution is -0.164. The molecule has 8 rings (SSSR count). The average Bonchev–Trinajstić information content (AvgIpc) is 3.22. The number of hydrogen-bond donors (Lipinski definition) is 2. The second-order valence-corrected chi connectivity index (χ2v) is 18.1. The standard InChI is InChI=1S/C45H51ClN8O5/c1-44(2)42(45(3,4)43(44)59-34-11-7-30(25-47)36(46)24-34)50-39(56)29-5-8-32(9-6-29)52-17-15-28(16-18-52)27-51-19-21-53(22-20-51)33-10-12-35-31(23-33)26-48-54(41(35)58)37-13-14-38(55)49-40(37)57/h5-12,23-24,26,28,37,42-43H,13-22,27H2,1-4H3,(H,50,56)(H,49,55,57). The minimum absolute atomic E-state index is 0.102. The van der Waals surface area contributed by atoms with E-state index in [1.165, 1.54) is 4.68 Å². The molecule has 3 aromatic carbocycles. The highest BCUT2D eigenvalue weighted by Gasteiger charge is 2.64. The molecule has 13 nitrogen and oxygen atoms in total. The van der Waals surface area contributed by atoms with Gasteiger partial charge < -0.3 is 19.9 Å². The molecule has 4 heterocycles. The van der Waals surface area contributed by atoms with Crippen molar-refractivity contribution in [3.63, 3.8) is 0 Å². The molecular weight excluding hydrogens is 768 g/mol. The van der Waals surface area contributed by atoms with Gasteiger partial charge in [-0.1, -0.05) is 39.3 Å². The lowest BCUT2D eigenvalue weighted by Gasteiger charge is -2.63. The van der Waals surface area contributed by atoms with E-state index in [-0.39, 0.29) is 53.2 Å². The number of carbonyl (C=O) groups excluding carboxylic acids is 3. The Balaban J connectivity index is 0.792. The number of amides is 3. The van der Waals surface area contributed by atoms with E-state index in [2.05, 4.69) is 76.3 Å². The molecule has 14 heteroatoms. The number of nitriles is 1. The first-order valence-electron chi connectivity index (χ1n) is 20.6. The van der Waals surface area contributed by atoms with Crippen molar-refractivity contribution in [2.75, 3.05) is 55.6 Å². The minimum Gasteiger partial charge on any atom is -0.489 e. The van der Waals surface area contributed by atoms with Gasteiger partial charge >= 0.3 is 0 Å². The Labute approximate surface area is 349 Å². The molecule has 308 valence electrons. The number of hydrogen-bond acceptors (Lipinski definition) is 10. The summed E-state index contributed by atoms with van der Waals surface area (Å²) in [7, 11) is 0. The molecule has 1 unspecified atom stereocenters. The Hall–Kier alpha value is -5.45. The summed E-state index contributed by atoms with van der Waals surface area (Å²) in [5, 5.41) is 20.7. The number of piperazine rings is 1. The van der Waals surface area contributed by atoms with E-state index in [1.54, 1.807) is 24.4 Å². The van der Waals surface area contributed by atoms with Crippen LogP contribution in [0.2, 0.25) is 5.02 Å². The van der Waals surface area contributed by atoms with Gasteiger partial charge in [0.1, 0.15) is 24.0 Å². The summed E-state index contributed by atoms with van der Waals surface area (Å²) in [5.41, 5.74) is 2.21. The number of fused-ring (bicyclic) bond motifs is 1. The van der Waals surface area contributed by atoms with E-state index in [4.69, 9.17) is 16.3 Å². The number of piperidine rings is 2. The van der Waals surface area contributed by atoms with Crippen LogP contribution >= 0.6 is 11.6 Å². The molecule has 1 aliphatic carbocycles. The molecular formula is C45H51ClN8O5. The molecule has 3 saturated heterocycles. The summed E-state index contributed by atoms with van der Waals surface area (Å²) >= 11 is 6.26. The third kappa shape index (κ3) is 7.88. The lowest BCUT2D eigenvalue weighted by atomic mass is 9.49. The molecule has 1 atom stereocenters. The van der Waals surface area contributed by atoms with E-state index in [0.717, 1.165) is 75.4 Å². The summed E-state index contributed by atoms with van der Waals surface area (Å²) in [5.74, 6) is 0.311. The quantitative estimate of drug-likeness (QED) is 0.206. The van der Waals surface area contributed by atoms with Crippen LogP contribution in [0.15, 0.2) is 71.7 Å². The van der Waals surface area contributed by atoms with Gasteiger partial charge in [-0.25, -0.2) is 4.68 Å². The maximum atomic E-state index is 13.5. The number of nitrogens with one attached hydrogen (secondary N) is 2. The molecule has 1 aromatic heterocycles. The first-order valence-corrected chi connectivity index (χ1v) is 21.0. The highest BCUT2D eigenvalue weighted by molar-refractivity contribution is 6.31. The van der Waals surface area contributed by atoms with Crippen molar-refractivity contribution >= 4 is 51.5 Å². The lowest BCUT2D eigenvalue weighted by Crippen LogP contribution is -2.74. The van der Waals surface area contributed by atoms with Crippen molar-refractivity contribution in [1.29, 1.82) is 5.26 Å². The van der Waals surface area contributed by atoms with Crippen molar-refractivity contribution in [2.45, 2.75) is 71.6 Å². The molecule has 2 N–H and O–H groups in total. The predicted octanol–water partition coefficient (Wildman–Crippen LogP) is 5.55. The van der Waals surface area contributed by atoms with Crippen molar-refractivity contribution < 1.29 is 19.1 Å². The summed E-state index contributed by atoms with van der Waals surface area (Å²) in [6, 6.07) is 20.0. The zero-order chi connectivity index (χ0) is 41.6. The summed E-state index contributed by atoms with van der Waals surface area (Å²) in [6.45, 7) is 15.1. The topological polar surface area (TPSA) is 153 Å². The highest BCUT2D eigenvalue weighted by Crippen LogP contribution is 2.55. The number of benzene rings is 3. The first kappa shape index (κ1) is 40.3. The van der Waals surface area contributed by atoms with Crippen LogP contribution < -0.4 is 30.7 Å². The fourth-order valence-corrected chi connectivity index (χ4v) is 10.3. The molecule has 4 aliphatic rings. The van der Waals surface area contributed by atoms with E-state index < -0.39 is 11.9 Å². The monoisotopic (exact) mass is 818 g/mol. The SMILES string of the molecule is CC1(C)C(NC(=O)c2ccc(N3CCC(CN4CCN(c5ccc6c(=O)n(C7CCC(=O)NC7=O)ncc6c5)CC4)CC3)cc2)C(C)(C)C1Oc1ccc(C#N)c(Cl)c1. The van der Waals surface area contributed by atoms with Gasteiger partial charge in [0.05, 0.1) is 22.2 Å². The van der Waals surface area contributed by atoms with Gasteiger partial charge in [-0.2, -0.15) is 10.4 Å². The number of halogens is 1. The van der Waals surface area contributed by atoms with Crippen LogP contribution in [-0.4, -0.2) is 90.4 Å². The Bertz CT molecular complexity index is 2360. The van der Waals surface area contributed by atoms with Gasteiger partial charge in [0, 0.05) is 97.5 Å². The molecule has 0 radical (unpaired) electrons. The molecule has 1 saturated carbocycles. The van der Waals surface area contributed by atoms with E-state index in [0.29, 0.717) is 33.2 Å². The number of carbonyl (C=O) groups is 3. The van der Waals surface area contributed by atoms with Crippen LogP contribution in [0.25, 0.3) is 10.8 Å². The van der Waals surface area contributed by atoms with Crippen LogP contribution in [0.3, 0.4) is 0 Å². The number of imide groups is 1. The van der Waals surface area contributed by atoms with Gasteiger partial charge in [0.15, 0.2) is 0 Å². The molecule has 3 amide bonds. The number of nitrogens with zero attached hydrogens (tertiary/aromatic N) is 6. The molecule has 0 spiro atoms. The molecule has 3 aliphatic heterocycles. The Morgan fingerprint density at radius 1 is 0.898 bits per heavy atom. The number of rotatable bonds is 9. The Kier molecular flexibility index (Phi) is 10.9. The fourth-order valence-electron chi connectivity index (χ4n) is 10.0. The number of anilines is 2. The average molecular weight is 819 g/mol. The van der Waals surface area contributed by atoms with Crippen molar-refractivity contribution in [3.05, 3.63) is 93.4 Å². The zero-order valence-corrected chi connectivity index (χ0v) is 34.8. The van der Waals surface area contributed by atoms with Crippen molar-refractivity contribution in [1.82, 2.24) is 25.3 Å².